The molecule has 1 N–H and O–H groups in total. The van der Waals surface area contributed by atoms with E-state index in [1.165, 1.54) is 18.2 Å². The number of aryl methyl sites for hydroxylation is 1. The topological polar surface area (TPSA) is 49.4 Å². The standard InChI is InChI=1S/C31H34Cl2N2O2S/c1-22-15-17-25(18-16-22)38-21-30(36)35(20-26-27(32)13-8-14-28(26)33)29(19-23-9-4-2-5-10-23)31(37)34-24-11-6-3-7-12-24/h2,4-5,8-10,13-18,24,29H,3,6-7,11-12,19-21H2,1H3,(H,34,37)/t29-/m1/s1. The Hall–Kier alpha value is -2.47. The zero-order chi connectivity index (χ0) is 26.9. The highest BCUT2D eigenvalue weighted by atomic mass is 35.5. The van der Waals surface area contributed by atoms with Gasteiger partial charge in [-0.25, -0.2) is 0 Å². The molecule has 0 radical (unpaired) electrons. The zero-order valence-electron chi connectivity index (χ0n) is 21.7. The molecule has 0 aliphatic heterocycles. The van der Waals surface area contributed by atoms with Crippen molar-refractivity contribution >= 4 is 46.8 Å². The molecule has 0 aromatic heterocycles. The first kappa shape index (κ1) is 28.5. The molecule has 1 aliphatic carbocycles. The molecule has 200 valence electrons. The molecule has 2 amide bonds. The Morgan fingerprint density at radius 2 is 1.58 bits per heavy atom. The van der Waals surface area contributed by atoms with Gasteiger partial charge in [-0.05, 0) is 49.6 Å². The van der Waals surface area contributed by atoms with Gasteiger partial charge in [-0.3, -0.25) is 9.59 Å². The van der Waals surface area contributed by atoms with Gasteiger partial charge >= 0.3 is 0 Å². The maximum Gasteiger partial charge on any atom is 0.243 e. The van der Waals surface area contributed by atoms with E-state index in [4.69, 9.17) is 23.2 Å². The van der Waals surface area contributed by atoms with Crippen LogP contribution in [0.4, 0.5) is 0 Å². The summed E-state index contributed by atoms with van der Waals surface area (Å²) < 4.78 is 0. The molecule has 1 atom stereocenters. The van der Waals surface area contributed by atoms with Crippen LogP contribution in [0.2, 0.25) is 10.0 Å². The number of thioether (sulfide) groups is 1. The van der Waals surface area contributed by atoms with E-state index >= 15 is 0 Å². The number of nitrogens with one attached hydrogen (secondary N) is 1. The number of carbonyl (C=O) groups excluding carboxylic acids is 2. The predicted molar refractivity (Wildman–Crippen MR) is 158 cm³/mol. The molecule has 0 unspecified atom stereocenters. The second-order valence-corrected chi connectivity index (χ2v) is 11.7. The summed E-state index contributed by atoms with van der Waals surface area (Å²) in [4.78, 5) is 30.4. The van der Waals surface area contributed by atoms with Gasteiger partial charge in [-0.15, -0.1) is 11.8 Å². The van der Waals surface area contributed by atoms with Crippen LogP contribution in [0.5, 0.6) is 0 Å². The lowest BCUT2D eigenvalue weighted by atomic mass is 9.94. The first-order chi connectivity index (χ1) is 18.4. The van der Waals surface area contributed by atoms with Gasteiger partial charge in [0.2, 0.25) is 11.8 Å². The smallest absolute Gasteiger partial charge is 0.243 e. The van der Waals surface area contributed by atoms with Crippen LogP contribution in [0.25, 0.3) is 0 Å². The van der Waals surface area contributed by atoms with Crippen LogP contribution in [-0.2, 0) is 22.6 Å². The largest absolute Gasteiger partial charge is 0.352 e. The quantitative estimate of drug-likeness (QED) is 0.258. The van der Waals surface area contributed by atoms with Crippen LogP contribution >= 0.6 is 35.0 Å². The molecule has 1 fully saturated rings. The number of benzene rings is 3. The van der Waals surface area contributed by atoms with Crippen LogP contribution in [0.1, 0.15) is 48.8 Å². The van der Waals surface area contributed by atoms with Gasteiger partial charge in [0.15, 0.2) is 0 Å². The van der Waals surface area contributed by atoms with Crippen LogP contribution in [0.15, 0.2) is 77.7 Å². The third-order valence-corrected chi connectivity index (χ3v) is 8.70. The molecule has 0 saturated heterocycles. The Labute approximate surface area is 240 Å². The second kappa shape index (κ2) is 14.1. The van der Waals surface area contributed by atoms with E-state index in [-0.39, 0.29) is 30.2 Å². The maximum absolute atomic E-state index is 13.9. The molecular formula is C31H34Cl2N2O2S. The lowest BCUT2D eigenvalue weighted by Crippen LogP contribution is -2.53. The third-order valence-electron chi connectivity index (χ3n) is 7.00. The van der Waals surface area contributed by atoms with Gasteiger partial charge in [-0.1, -0.05) is 96.6 Å². The number of carbonyl (C=O) groups is 2. The number of nitrogens with zero attached hydrogens (tertiary/aromatic N) is 1. The van der Waals surface area contributed by atoms with Gasteiger partial charge < -0.3 is 10.2 Å². The molecular weight excluding hydrogens is 535 g/mol. The summed E-state index contributed by atoms with van der Waals surface area (Å²) in [6, 6.07) is 22.7. The Kier molecular flexibility index (Phi) is 10.6. The fraction of sp³-hybridized carbons (Fsp3) is 0.355. The van der Waals surface area contributed by atoms with E-state index in [2.05, 4.69) is 5.32 Å². The van der Waals surface area contributed by atoms with Crippen LogP contribution in [0.3, 0.4) is 0 Å². The normalized spacial score (nSPS) is 14.6. The van der Waals surface area contributed by atoms with E-state index in [9.17, 15) is 9.59 Å². The van der Waals surface area contributed by atoms with Crippen molar-refractivity contribution in [3.8, 4) is 0 Å². The molecule has 4 rings (SSSR count). The predicted octanol–water partition coefficient (Wildman–Crippen LogP) is 7.48. The minimum absolute atomic E-state index is 0.127. The summed E-state index contributed by atoms with van der Waals surface area (Å²) in [5.74, 6) is -0.0588. The van der Waals surface area contributed by atoms with Crippen molar-refractivity contribution in [1.82, 2.24) is 10.2 Å². The summed E-state index contributed by atoms with van der Waals surface area (Å²) in [6.07, 6.45) is 5.77. The molecule has 0 heterocycles. The minimum Gasteiger partial charge on any atom is -0.352 e. The SMILES string of the molecule is Cc1ccc(SCC(=O)N(Cc2c(Cl)cccc2Cl)[C@H](Cc2ccccc2)C(=O)NC2CCCCC2)cc1. The molecule has 38 heavy (non-hydrogen) atoms. The highest BCUT2D eigenvalue weighted by molar-refractivity contribution is 8.00. The lowest BCUT2D eigenvalue weighted by molar-refractivity contribution is -0.139. The van der Waals surface area contributed by atoms with Gasteiger partial charge in [-0.2, -0.15) is 0 Å². The zero-order valence-corrected chi connectivity index (χ0v) is 24.0. The number of rotatable bonds is 10. The molecule has 1 aliphatic rings. The van der Waals surface area contributed by atoms with E-state index in [1.807, 2.05) is 61.5 Å². The van der Waals surface area contributed by atoms with Crippen molar-refractivity contribution in [1.29, 1.82) is 0 Å². The third kappa shape index (κ3) is 8.02. The highest BCUT2D eigenvalue weighted by Gasteiger charge is 2.32. The first-order valence-corrected chi connectivity index (χ1v) is 14.9. The van der Waals surface area contributed by atoms with Crippen molar-refractivity contribution in [3.05, 3.63) is 99.5 Å². The summed E-state index contributed by atoms with van der Waals surface area (Å²) >= 11 is 14.5. The molecule has 7 heteroatoms. The van der Waals surface area contributed by atoms with Gasteiger partial charge in [0.05, 0.1) is 5.75 Å². The van der Waals surface area contributed by atoms with Gasteiger partial charge in [0.25, 0.3) is 0 Å². The van der Waals surface area contributed by atoms with Gasteiger partial charge in [0, 0.05) is 39.5 Å². The summed E-state index contributed by atoms with van der Waals surface area (Å²) in [5.41, 5.74) is 2.80. The number of hydrogen-bond donors (Lipinski definition) is 1. The van der Waals surface area contributed by atoms with Crippen LogP contribution in [-0.4, -0.2) is 34.6 Å². The fourth-order valence-electron chi connectivity index (χ4n) is 4.81. The van der Waals surface area contributed by atoms with E-state index in [0.29, 0.717) is 22.0 Å². The average Bonchev–Trinajstić information content (AvgIpc) is 2.92. The Morgan fingerprint density at radius 3 is 2.24 bits per heavy atom. The van der Waals surface area contributed by atoms with E-state index in [0.717, 1.165) is 41.7 Å². The lowest BCUT2D eigenvalue weighted by Gasteiger charge is -2.34. The Morgan fingerprint density at radius 1 is 0.921 bits per heavy atom. The Bertz CT molecular complexity index is 1190. The number of hydrogen-bond acceptors (Lipinski definition) is 3. The first-order valence-electron chi connectivity index (χ1n) is 13.2. The molecule has 4 nitrogen and oxygen atoms in total. The fourth-order valence-corrected chi connectivity index (χ4v) is 6.12. The monoisotopic (exact) mass is 568 g/mol. The summed E-state index contributed by atoms with van der Waals surface area (Å²) in [7, 11) is 0. The van der Waals surface area contributed by atoms with Crippen molar-refractivity contribution < 1.29 is 9.59 Å². The van der Waals surface area contributed by atoms with Crippen molar-refractivity contribution in [2.75, 3.05) is 5.75 Å². The molecule has 1 saturated carbocycles. The number of amides is 2. The molecule has 3 aromatic rings. The van der Waals surface area contributed by atoms with Gasteiger partial charge in [0.1, 0.15) is 6.04 Å². The maximum atomic E-state index is 13.9. The molecule has 0 bridgehead atoms. The highest BCUT2D eigenvalue weighted by Crippen LogP contribution is 2.28. The van der Waals surface area contributed by atoms with Crippen LogP contribution in [0, 0.1) is 6.92 Å². The van der Waals surface area contributed by atoms with Crippen LogP contribution < -0.4 is 5.32 Å². The molecule has 3 aromatic carbocycles. The molecule has 0 spiro atoms. The van der Waals surface area contributed by atoms with E-state index in [1.54, 1.807) is 23.1 Å². The van der Waals surface area contributed by atoms with E-state index < -0.39 is 6.04 Å². The second-order valence-electron chi connectivity index (χ2n) is 9.87. The van der Waals surface area contributed by atoms with Crippen molar-refractivity contribution in [2.45, 2.75) is 69.0 Å². The minimum atomic E-state index is -0.696. The summed E-state index contributed by atoms with van der Waals surface area (Å²) in [6.45, 7) is 2.19. The van der Waals surface area contributed by atoms with Crippen molar-refractivity contribution in [2.24, 2.45) is 0 Å². The summed E-state index contributed by atoms with van der Waals surface area (Å²) in [5, 5.41) is 4.22. The average molecular weight is 570 g/mol. The Balaban J connectivity index is 1.64. The number of halogens is 2. The van der Waals surface area contributed by atoms with Crippen molar-refractivity contribution in [3.63, 3.8) is 0 Å².